The zero-order valence-electron chi connectivity index (χ0n) is 17.8. The van der Waals surface area contributed by atoms with Gasteiger partial charge in [-0.15, -0.1) is 0 Å². The predicted molar refractivity (Wildman–Crippen MR) is 118 cm³/mol. The average Bonchev–Trinajstić information content (AvgIpc) is 3.49. The first-order valence-electron chi connectivity index (χ1n) is 10.6. The molecule has 0 bridgehead atoms. The van der Waals surface area contributed by atoms with Gasteiger partial charge < -0.3 is 36.4 Å². The number of hydrogen-bond donors (Lipinski definition) is 6. The summed E-state index contributed by atoms with van der Waals surface area (Å²) in [6.07, 6.45) is -1.01. The quantitative estimate of drug-likeness (QED) is 0.307. The van der Waals surface area contributed by atoms with E-state index in [2.05, 4.69) is 20.6 Å². The Bertz CT molecular complexity index is 1030. The molecule has 0 radical (unpaired) electrons. The number of anilines is 3. The van der Waals surface area contributed by atoms with Crippen LogP contribution < -0.4 is 16.4 Å². The molecule has 12 heteroatoms. The second-order valence-electron chi connectivity index (χ2n) is 8.61. The van der Waals surface area contributed by atoms with Gasteiger partial charge in [-0.05, 0) is 49.1 Å². The molecule has 1 heterocycles. The number of hydrogen-bond acceptors (Lipinski definition) is 9. The number of rotatable bonds is 8. The summed E-state index contributed by atoms with van der Waals surface area (Å²) in [7, 11) is 0. The molecule has 33 heavy (non-hydrogen) atoms. The standard InChI is InChI=1S/C21H26ClF2N5O4/c1-21(32)15(33-5-4-30)8-14(17(21)31)27-19-16(25)18(28-20(22)29-19)26-13-7-10(13)9-2-3-11(23)12(24)6-9/h2-3,6,10,13-15,17,30-32H,4-5,7-8,25H2,1H3,(H2,26,27,28,29). The number of nitrogen functional groups attached to an aromatic ring is 1. The largest absolute Gasteiger partial charge is 0.394 e. The smallest absolute Gasteiger partial charge is 0.226 e. The fourth-order valence-corrected chi connectivity index (χ4v) is 4.41. The molecule has 0 spiro atoms. The lowest BCUT2D eigenvalue weighted by Gasteiger charge is -2.29. The molecule has 2 aliphatic rings. The number of benzene rings is 1. The summed E-state index contributed by atoms with van der Waals surface area (Å²) in [5.41, 5.74) is 5.50. The summed E-state index contributed by atoms with van der Waals surface area (Å²) in [4.78, 5) is 8.24. The highest BCUT2D eigenvalue weighted by Crippen LogP contribution is 2.44. The Morgan fingerprint density at radius 1 is 1.18 bits per heavy atom. The molecule has 0 saturated heterocycles. The van der Waals surface area contributed by atoms with E-state index in [4.69, 9.17) is 27.2 Å². The van der Waals surface area contributed by atoms with Crippen molar-refractivity contribution < 1.29 is 28.8 Å². The van der Waals surface area contributed by atoms with Crippen LogP contribution in [0.2, 0.25) is 5.28 Å². The molecular weight excluding hydrogens is 460 g/mol. The summed E-state index contributed by atoms with van der Waals surface area (Å²) in [6.45, 7) is 1.27. The third-order valence-corrected chi connectivity index (χ3v) is 6.40. The van der Waals surface area contributed by atoms with Crippen LogP contribution in [0.5, 0.6) is 0 Å². The molecule has 9 nitrogen and oxygen atoms in total. The van der Waals surface area contributed by atoms with Crippen molar-refractivity contribution in [2.45, 2.75) is 55.6 Å². The first-order chi connectivity index (χ1) is 15.6. The van der Waals surface area contributed by atoms with Gasteiger partial charge in [0.2, 0.25) is 5.28 Å². The van der Waals surface area contributed by atoms with Crippen LogP contribution in [0.4, 0.5) is 26.1 Å². The summed E-state index contributed by atoms with van der Waals surface area (Å²) in [5.74, 6) is -1.41. The Labute approximate surface area is 194 Å². The zero-order valence-corrected chi connectivity index (χ0v) is 18.6. The van der Waals surface area contributed by atoms with Gasteiger partial charge >= 0.3 is 0 Å². The minimum Gasteiger partial charge on any atom is -0.394 e. The van der Waals surface area contributed by atoms with E-state index >= 15 is 0 Å². The minimum absolute atomic E-state index is 0.0241. The molecule has 1 aromatic carbocycles. The van der Waals surface area contributed by atoms with Crippen molar-refractivity contribution in [1.82, 2.24) is 9.97 Å². The molecule has 6 atom stereocenters. The molecule has 180 valence electrons. The normalized spacial score (nSPS) is 30.9. The van der Waals surface area contributed by atoms with Crippen molar-refractivity contribution in [3.8, 4) is 0 Å². The Balaban J connectivity index is 1.47. The third-order valence-electron chi connectivity index (χ3n) is 6.23. The van der Waals surface area contributed by atoms with Crippen LogP contribution in [0.15, 0.2) is 18.2 Å². The van der Waals surface area contributed by atoms with E-state index in [9.17, 15) is 19.0 Å². The van der Waals surface area contributed by atoms with Crippen LogP contribution in [0.1, 0.15) is 31.2 Å². The van der Waals surface area contributed by atoms with E-state index in [0.29, 0.717) is 12.0 Å². The van der Waals surface area contributed by atoms with Gasteiger partial charge in [0.15, 0.2) is 23.3 Å². The topological polar surface area (TPSA) is 146 Å². The fourth-order valence-electron chi connectivity index (χ4n) is 4.24. The van der Waals surface area contributed by atoms with Gasteiger partial charge in [-0.3, -0.25) is 0 Å². The Morgan fingerprint density at radius 3 is 2.48 bits per heavy atom. The van der Waals surface area contributed by atoms with Gasteiger partial charge in [-0.1, -0.05) is 6.07 Å². The van der Waals surface area contributed by atoms with Gasteiger partial charge in [-0.2, -0.15) is 9.97 Å². The van der Waals surface area contributed by atoms with E-state index in [0.717, 1.165) is 6.07 Å². The highest BCUT2D eigenvalue weighted by molar-refractivity contribution is 6.28. The molecule has 2 aliphatic carbocycles. The van der Waals surface area contributed by atoms with Crippen molar-refractivity contribution >= 4 is 28.9 Å². The first kappa shape index (κ1) is 23.8. The Morgan fingerprint density at radius 2 is 1.85 bits per heavy atom. The third kappa shape index (κ3) is 4.82. The highest BCUT2D eigenvalue weighted by Gasteiger charge is 2.51. The molecular formula is C21H26ClF2N5O4. The lowest BCUT2D eigenvalue weighted by atomic mass is 10.00. The zero-order chi connectivity index (χ0) is 23.9. The second kappa shape index (κ2) is 9.15. The fraction of sp³-hybridized carbons (Fsp3) is 0.524. The van der Waals surface area contributed by atoms with Crippen molar-refractivity contribution in [2.75, 3.05) is 29.6 Å². The lowest BCUT2D eigenvalue weighted by molar-refractivity contribution is -0.126. The van der Waals surface area contributed by atoms with E-state index < -0.39 is 35.5 Å². The molecule has 0 amide bonds. The van der Waals surface area contributed by atoms with Crippen molar-refractivity contribution in [1.29, 1.82) is 0 Å². The molecule has 2 fully saturated rings. The second-order valence-corrected chi connectivity index (χ2v) is 8.95. The summed E-state index contributed by atoms with van der Waals surface area (Å²) >= 11 is 6.08. The number of nitrogens with two attached hydrogens (primary N) is 1. The number of halogens is 3. The number of aliphatic hydroxyl groups excluding tert-OH is 2. The van der Waals surface area contributed by atoms with Gasteiger partial charge in [-0.25, -0.2) is 8.78 Å². The van der Waals surface area contributed by atoms with Crippen LogP contribution in [0.3, 0.4) is 0 Å². The van der Waals surface area contributed by atoms with Crippen molar-refractivity contribution in [3.05, 3.63) is 40.7 Å². The number of nitrogens with one attached hydrogen (secondary N) is 2. The summed E-state index contributed by atoms with van der Waals surface area (Å²) < 4.78 is 32.2. The van der Waals surface area contributed by atoms with E-state index in [-0.39, 0.29) is 54.2 Å². The first-order valence-corrected chi connectivity index (χ1v) is 10.9. The van der Waals surface area contributed by atoms with Gasteiger partial charge in [0, 0.05) is 12.0 Å². The maximum atomic E-state index is 13.5. The maximum Gasteiger partial charge on any atom is 0.226 e. The van der Waals surface area contributed by atoms with E-state index in [1.54, 1.807) is 0 Å². The molecule has 4 rings (SSSR count). The van der Waals surface area contributed by atoms with Crippen LogP contribution in [-0.2, 0) is 4.74 Å². The summed E-state index contributed by atoms with van der Waals surface area (Å²) in [5, 5.41) is 36.3. The van der Waals surface area contributed by atoms with E-state index in [1.807, 2.05) is 0 Å². The monoisotopic (exact) mass is 485 g/mol. The van der Waals surface area contributed by atoms with E-state index in [1.165, 1.54) is 19.1 Å². The van der Waals surface area contributed by atoms with Crippen LogP contribution in [0.25, 0.3) is 0 Å². The van der Waals surface area contributed by atoms with Crippen LogP contribution in [0, 0.1) is 11.6 Å². The molecule has 7 N–H and O–H groups in total. The predicted octanol–water partition coefficient (Wildman–Crippen LogP) is 1.63. The molecule has 1 aromatic heterocycles. The SMILES string of the molecule is CC1(O)C(OCCO)CC(Nc2nc(Cl)nc(NC3CC3c3ccc(F)c(F)c3)c2N)C1O. The summed E-state index contributed by atoms with van der Waals surface area (Å²) in [6, 6.07) is 3.05. The number of nitrogens with zero attached hydrogens (tertiary/aromatic N) is 2. The van der Waals surface area contributed by atoms with Gasteiger partial charge in [0.1, 0.15) is 17.4 Å². The minimum atomic E-state index is -1.55. The molecule has 6 unspecified atom stereocenters. The Hall–Kier alpha value is -2.31. The van der Waals surface area contributed by atoms with Crippen molar-refractivity contribution in [2.24, 2.45) is 0 Å². The number of aliphatic hydroxyl groups is 3. The lowest BCUT2D eigenvalue weighted by Crippen LogP contribution is -2.47. The van der Waals surface area contributed by atoms with Gasteiger partial charge in [0.05, 0.1) is 25.4 Å². The number of aromatic nitrogens is 2. The molecule has 2 saturated carbocycles. The maximum absolute atomic E-state index is 13.5. The molecule has 2 aromatic rings. The average molecular weight is 486 g/mol. The number of ether oxygens (including phenoxy) is 1. The van der Waals surface area contributed by atoms with Crippen LogP contribution >= 0.6 is 11.6 Å². The van der Waals surface area contributed by atoms with Crippen LogP contribution in [-0.4, -0.2) is 68.4 Å². The Kier molecular flexibility index (Phi) is 6.61. The highest BCUT2D eigenvalue weighted by atomic mass is 35.5. The van der Waals surface area contributed by atoms with Crippen molar-refractivity contribution in [3.63, 3.8) is 0 Å². The molecule has 0 aliphatic heterocycles. The van der Waals surface area contributed by atoms with Gasteiger partial charge in [0.25, 0.3) is 0 Å².